The van der Waals surface area contributed by atoms with E-state index in [4.69, 9.17) is 4.42 Å². The molecule has 1 saturated heterocycles. The van der Waals surface area contributed by atoms with Gasteiger partial charge < -0.3 is 14.6 Å². The van der Waals surface area contributed by atoms with Crippen LogP contribution in [0.15, 0.2) is 22.8 Å². The lowest BCUT2D eigenvalue weighted by molar-refractivity contribution is -0.128. The van der Waals surface area contributed by atoms with Gasteiger partial charge in [0, 0.05) is 25.0 Å². The predicted octanol–water partition coefficient (Wildman–Crippen LogP) is 1.13. The molecule has 0 spiro atoms. The Hall–Kier alpha value is -1.29. The molecule has 2 fully saturated rings. The van der Waals surface area contributed by atoms with Crippen LogP contribution in [0, 0.1) is 0 Å². The number of carbonyl (C=O) groups is 1. The summed E-state index contributed by atoms with van der Waals surface area (Å²) < 4.78 is 5.25. The maximum absolute atomic E-state index is 11.7. The molecule has 2 heterocycles. The topological polar surface area (TPSA) is 45.5 Å². The summed E-state index contributed by atoms with van der Waals surface area (Å²) in [4.78, 5) is 13.7. The Labute approximate surface area is 94.6 Å². The van der Waals surface area contributed by atoms with E-state index in [0.29, 0.717) is 31.0 Å². The SMILES string of the molecule is O=C1CC(NCc2ccco2)CN1C1CC1. The summed E-state index contributed by atoms with van der Waals surface area (Å²) in [5.41, 5.74) is 0. The Kier molecular flexibility index (Phi) is 2.44. The first-order chi connectivity index (χ1) is 7.83. The lowest BCUT2D eigenvalue weighted by Gasteiger charge is -2.15. The van der Waals surface area contributed by atoms with Crippen molar-refractivity contribution in [2.24, 2.45) is 0 Å². The van der Waals surface area contributed by atoms with Gasteiger partial charge in [-0.15, -0.1) is 0 Å². The van der Waals surface area contributed by atoms with E-state index in [0.717, 1.165) is 12.3 Å². The minimum atomic E-state index is 0.290. The standard InChI is InChI=1S/C12H16N2O2/c15-12-6-9(8-14(12)10-3-4-10)13-7-11-2-1-5-16-11/h1-2,5,9-10,13H,3-4,6-8H2. The summed E-state index contributed by atoms with van der Waals surface area (Å²) in [6, 6.07) is 4.66. The van der Waals surface area contributed by atoms with Gasteiger partial charge in [0.25, 0.3) is 0 Å². The largest absolute Gasteiger partial charge is 0.468 e. The van der Waals surface area contributed by atoms with Crippen molar-refractivity contribution in [1.29, 1.82) is 0 Å². The quantitative estimate of drug-likeness (QED) is 0.827. The highest BCUT2D eigenvalue weighted by Gasteiger charge is 2.38. The third-order valence-electron chi connectivity index (χ3n) is 3.29. The van der Waals surface area contributed by atoms with Gasteiger partial charge in [-0.25, -0.2) is 0 Å². The van der Waals surface area contributed by atoms with Gasteiger partial charge in [-0.05, 0) is 25.0 Å². The second-order valence-electron chi connectivity index (χ2n) is 4.64. The van der Waals surface area contributed by atoms with Gasteiger partial charge in [0.15, 0.2) is 0 Å². The van der Waals surface area contributed by atoms with Gasteiger partial charge in [0.05, 0.1) is 12.8 Å². The molecule has 1 aliphatic carbocycles. The highest BCUT2D eigenvalue weighted by atomic mass is 16.3. The van der Waals surface area contributed by atoms with E-state index in [-0.39, 0.29) is 0 Å². The number of nitrogens with zero attached hydrogens (tertiary/aromatic N) is 1. The normalized spacial score (nSPS) is 25.4. The Bertz CT molecular complexity index is 370. The predicted molar refractivity (Wildman–Crippen MR) is 58.7 cm³/mol. The zero-order chi connectivity index (χ0) is 11.0. The molecule has 2 aliphatic rings. The number of carbonyl (C=O) groups excluding carboxylic acids is 1. The molecule has 3 rings (SSSR count). The van der Waals surface area contributed by atoms with E-state index >= 15 is 0 Å². The Morgan fingerprint density at radius 3 is 3.06 bits per heavy atom. The molecule has 1 aromatic heterocycles. The Morgan fingerprint density at radius 2 is 2.38 bits per heavy atom. The van der Waals surface area contributed by atoms with Crippen LogP contribution in [0.2, 0.25) is 0 Å². The molecule has 0 aromatic carbocycles. The zero-order valence-electron chi connectivity index (χ0n) is 9.19. The summed E-state index contributed by atoms with van der Waals surface area (Å²) in [5.74, 6) is 1.23. The first-order valence-corrected chi connectivity index (χ1v) is 5.88. The third kappa shape index (κ3) is 1.97. The van der Waals surface area contributed by atoms with Crippen LogP contribution in [0.3, 0.4) is 0 Å². The molecule has 1 N–H and O–H groups in total. The first kappa shape index (κ1) is 9.90. The molecule has 1 unspecified atom stereocenters. The lowest BCUT2D eigenvalue weighted by Crippen LogP contribution is -2.33. The Morgan fingerprint density at radius 1 is 1.50 bits per heavy atom. The zero-order valence-corrected chi connectivity index (χ0v) is 9.19. The van der Waals surface area contributed by atoms with E-state index in [1.807, 2.05) is 17.0 Å². The second-order valence-corrected chi connectivity index (χ2v) is 4.64. The van der Waals surface area contributed by atoms with Crippen molar-refractivity contribution in [3.63, 3.8) is 0 Å². The number of hydrogen-bond donors (Lipinski definition) is 1. The highest BCUT2D eigenvalue weighted by molar-refractivity contribution is 5.80. The van der Waals surface area contributed by atoms with Crippen molar-refractivity contribution >= 4 is 5.91 Å². The molecule has 1 aromatic rings. The number of hydrogen-bond acceptors (Lipinski definition) is 3. The number of amides is 1. The minimum Gasteiger partial charge on any atom is -0.468 e. The fourth-order valence-electron chi connectivity index (χ4n) is 2.27. The molecular weight excluding hydrogens is 204 g/mol. The van der Waals surface area contributed by atoms with Crippen LogP contribution >= 0.6 is 0 Å². The van der Waals surface area contributed by atoms with E-state index in [1.54, 1.807) is 6.26 Å². The maximum Gasteiger partial charge on any atom is 0.224 e. The van der Waals surface area contributed by atoms with Crippen molar-refractivity contribution in [2.75, 3.05) is 6.54 Å². The molecule has 4 heteroatoms. The van der Waals surface area contributed by atoms with Crippen LogP contribution in [-0.2, 0) is 11.3 Å². The third-order valence-corrected chi connectivity index (χ3v) is 3.29. The van der Waals surface area contributed by atoms with Crippen LogP contribution < -0.4 is 5.32 Å². The van der Waals surface area contributed by atoms with Crippen LogP contribution in [0.5, 0.6) is 0 Å². The summed E-state index contributed by atoms with van der Waals surface area (Å²) >= 11 is 0. The maximum atomic E-state index is 11.7. The molecule has 0 bridgehead atoms. The van der Waals surface area contributed by atoms with Crippen molar-refractivity contribution in [3.8, 4) is 0 Å². The second kappa shape index (κ2) is 3.94. The number of likely N-dealkylation sites (tertiary alicyclic amines) is 1. The molecule has 4 nitrogen and oxygen atoms in total. The summed E-state index contributed by atoms with van der Waals surface area (Å²) in [7, 11) is 0. The van der Waals surface area contributed by atoms with E-state index in [1.165, 1.54) is 12.8 Å². The highest BCUT2D eigenvalue weighted by Crippen LogP contribution is 2.30. The summed E-state index contributed by atoms with van der Waals surface area (Å²) in [6.07, 6.45) is 4.69. The summed E-state index contributed by atoms with van der Waals surface area (Å²) in [5, 5.41) is 3.37. The number of rotatable bonds is 4. The summed E-state index contributed by atoms with van der Waals surface area (Å²) in [6.45, 7) is 1.58. The van der Waals surface area contributed by atoms with Crippen LogP contribution in [0.1, 0.15) is 25.0 Å². The van der Waals surface area contributed by atoms with E-state index in [9.17, 15) is 4.79 Å². The average molecular weight is 220 g/mol. The van der Waals surface area contributed by atoms with Gasteiger partial charge in [-0.2, -0.15) is 0 Å². The fourth-order valence-corrected chi connectivity index (χ4v) is 2.27. The van der Waals surface area contributed by atoms with Gasteiger partial charge in [-0.3, -0.25) is 4.79 Å². The van der Waals surface area contributed by atoms with Crippen LogP contribution in [0.4, 0.5) is 0 Å². The van der Waals surface area contributed by atoms with Gasteiger partial charge in [0.2, 0.25) is 5.91 Å². The fraction of sp³-hybridized carbons (Fsp3) is 0.583. The van der Waals surface area contributed by atoms with Crippen molar-refractivity contribution < 1.29 is 9.21 Å². The van der Waals surface area contributed by atoms with E-state index in [2.05, 4.69) is 5.32 Å². The molecule has 1 amide bonds. The van der Waals surface area contributed by atoms with E-state index < -0.39 is 0 Å². The number of nitrogens with one attached hydrogen (secondary N) is 1. The lowest BCUT2D eigenvalue weighted by atomic mass is 10.2. The molecule has 86 valence electrons. The molecule has 0 radical (unpaired) electrons. The van der Waals surface area contributed by atoms with Crippen LogP contribution in [-0.4, -0.2) is 29.4 Å². The molecule has 1 atom stereocenters. The molecule has 16 heavy (non-hydrogen) atoms. The smallest absolute Gasteiger partial charge is 0.224 e. The number of furan rings is 1. The van der Waals surface area contributed by atoms with Crippen LogP contribution in [0.25, 0.3) is 0 Å². The molecule has 1 aliphatic heterocycles. The van der Waals surface area contributed by atoms with Crippen molar-refractivity contribution in [1.82, 2.24) is 10.2 Å². The Balaban J connectivity index is 1.51. The molecule has 1 saturated carbocycles. The van der Waals surface area contributed by atoms with Gasteiger partial charge in [0.1, 0.15) is 5.76 Å². The monoisotopic (exact) mass is 220 g/mol. The van der Waals surface area contributed by atoms with Crippen molar-refractivity contribution in [3.05, 3.63) is 24.2 Å². The molecular formula is C12H16N2O2. The van der Waals surface area contributed by atoms with Gasteiger partial charge >= 0.3 is 0 Å². The minimum absolute atomic E-state index is 0.290. The van der Waals surface area contributed by atoms with Crippen molar-refractivity contribution in [2.45, 2.75) is 37.9 Å². The van der Waals surface area contributed by atoms with Gasteiger partial charge in [-0.1, -0.05) is 0 Å². The first-order valence-electron chi connectivity index (χ1n) is 5.88. The average Bonchev–Trinajstić information content (AvgIpc) is 2.85.